The van der Waals surface area contributed by atoms with Crippen molar-refractivity contribution in [2.45, 2.75) is 37.5 Å². The van der Waals surface area contributed by atoms with Crippen molar-refractivity contribution in [3.05, 3.63) is 46.9 Å². The van der Waals surface area contributed by atoms with Crippen molar-refractivity contribution < 1.29 is 9.13 Å². The summed E-state index contributed by atoms with van der Waals surface area (Å²) in [6.07, 6.45) is 5.62. The first-order chi connectivity index (χ1) is 15.0. The molecule has 1 saturated carbocycles. The van der Waals surface area contributed by atoms with Crippen LogP contribution >= 0.6 is 23.8 Å². The first-order valence-corrected chi connectivity index (χ1v) is 11.5. The molecule has 2 aromatic rings. The van der Waals surface area contributed by atoms with Crippen LogP contribution in [0.1, 0.15) is 37.7 Å². The van der Waals surface area contributed by atoms with Gasteiger partial charge in [-0.1, -0.05) is 43.0 Å². The van der Waals surface area contributed by atoms with Crippen molar-refractivity contribution >= 4 is 40.7 Å². The highest BCUT2D eigenvalue weighted by atomic mass is 35.5. The lowest BCUT2D eigenvalue weighted by Gasteiger charge is -2.38. The van der Waals surface area contributed by atoms with Crippen molar-refractivity contribution in [3.63, 3.8) is 0 Å². The number of halogens is 2. The van der Waals surface area contributed by atoms with E-state index in [2.05, 4.69) is 25.5 Å². The highest BCUT2D eigenvalue weighted by Gasteiger charge is 2.34. The van der Waals surface area contributed by atoms with Crippen molar-refractivity contribution in [2.75, 3.05) is 43.1 Å². The van der Waals surface area contributed by atoms with Crippen LogP contribution in [0.5, 0.6) is 0 Å². The third-order valence-electron chi connectivity index (χ3n) is 6.10. The van der Waals surface area contributed by atoms with Gasteiger partial charge in [0.25, 0.3) is 0 Å². The molecular formula is C22H27ClFN5OS. The summed E-state index contributed by atoms with van der Waals surface area (Å²) in [5.74, 6) is 0.906. The molecule has 9 heteroatoms. The highest BCUT2D eigenvalue weighted by Crippen LogP contribution is 2.39. The van der Waals surface area contributed by atoms with E-state index >= 15 is 0 Å². The van der Waals surface area contributed by atoms with Gasteiger partial charge in [-0.05, 0) is 42.8 Å². The molecule has 1 aliphatic heterocycles. The Balaban J connectivity index is 1.43. The molecule has 1 aromatic heterocycles. The van der Waals surface area contributed by atoms with Crippen molar-refractivity contribution in [1.29, 1.82) is 0 Å². The molecule has 0 atom stereocenters. The van der Waals surface area contributed by atoms with E-state index in [4.69, 9.17) is 28.6 Å². The lowest BCUT2D eigenvalue weighted by Crippen LogP contribution is -2.43. The minimum Gasteiger partial charge on any atom is -0.378 e. The molecule has 31 heavy (non-hydrogen) atoms. The van der Waals surface area contributed by atoms with E-state index in [1.54, 1.807) is 6.07 Å². The van der Waals surface area contributed by atoms with Crippen LogP contribution in [-0.4, -0.2) is 47.9 Å². The molecule has 0 spiro atoms. The van der Waals surface area contributed by atoms with Gasteiger partial charge < -0.3 is 20.3 Å². The van der Waals surface area contributed by atoms with Crippen LogP contribution in [0.4, 0.5) is 16.2 Å². The fraction of sp³-hybridized carbons (Fsp3) is 0.500. The summed E-state index contributed by atoms with van der Waals surface area (Å²) in [7, 11) is 0. The molecule has 166 valence electrons. The van der Waals surface area contributed by atoms with Crippen molar-refractivity contribution in [1.82, 2.24) is 15.3 Å². The predicted molar refractivity (Wildman–Crippen MR) is 125 cm³/mol. The highest BCUT2D eigenvalue weighted by molar-refractivity contribution is 7.80. The number of morpholine rings is 1. The molecular weight excluding hydrogens is 437 g/mol. The summed E-state index contributed by atoms with van der Waals surface area (Å²) < 4.78 is 18.9. The Hall–Kier alpha value is -2.03. The number of anilines is 2. The van der Waals surface area contributed by atoms with Gasteiger partial charge >= 0.3 is 0 Å². The van der Waals surface area contributed by atoms with Crippen LogP contribution in [0.15, 0.2) is 30.3 Å². The number of ether oxygens (including phenoxy) is 1. The lowest BCUT2D eigenvalue weighted by atomic mass is 9.69. The van der Waals surface area contributed by atoms with E-state index in [1.807, 2.05) is 12.1 Å². The van der Waals surface area contributed by atoms with E-state index in [0.717, 1.165) is 50.2 Å². The van der Waals surface area contributed by atoms with E-state index in [1.165, 1.54) is 18.6 Å². The summed E-state index contributed by atoms with van der Waals surface area (Å²) in [6, 6.07) is 8.62. The number of hydrogen-bond donors (Lipinski definition) is 2. The van der Waals surface area contributed by atoms with Gasteiger partial charge in [0, 0.05) is 31.1 Å². The van der Waals surface area contributed by atoms with Crippen LogP contribution in [0.3, 0.4) is 0 Å². The number of hydrogen-bond acceptors (Lipinski definition) is 5. The molecule has 6 nitrogen and oxygen atoms in total. The maximum Gasteiger partial charge on any atom is 0.232 e. The number of benzene rings is 1. The summed E-state index contributed by atoms with van der Waals surface area (Å²) in [4.78, 5) is 11.0. The van der Waals surface area contributed by atoms with Gasteiger partial charge in [0.2, 0.25) is 5.95 Å². The fourth-order valence-electron chi connectivity index (χ4n) is 4.41. The van der Waals surface area contributed by atoms with E-state index < -0.39 is 0 Å². The maximum absolute atomic E-state index is 13.5. The van der Waals surface area contributed by atoms with Gasteiger partial charge in [-0.2, -0.15) is 4.98 Å². The molecule has 1 aromatic carbocycles. The van der Waals surface area contributed by atoms with Crippen LogP contribution in [0, 0.1) is 5.82 Å². The minimum atomic E-state index is -0.214. The van der Waals surface area contributed by atoms with Gasteiger partial charge in [-0.3, -0.25) is 0 Å². The maximum atomic E-state index is 13.5. The smallest absolute Gasteiger partial charge is 0.232 e. The average molecular weight is 464 g/mol. The molecule has 2 heterocycles. The van der Waals surface area contributed by atoms with Crippen molar-refractivity contribution in [3.8, 4) is 0 Å². The van der Waals surface area contributed by atoms with Crippen LogP contribution < -0.4 is 15.5 Å². The zero-order valence-corrected chi connectivity index (χ0v) is 18.9. The molecule has 4 rings (SSSR count). The van der Waals surface area contributed by atoms with Crippen LogP contribution in [-0.2, 0) is 10.2 Å². The minimum absolute atomic E-state index is 0.0636. The lowest BCUT2D eigenvalue weighted by molar-refractivity contribution is 0.122. The first-order valence-electron chi connectivity index (χ1n) is 10.7. The summed E-state index contributed by atoms with van der Waals surface area (Å²) in [5, 5.41) is 7.22. The number of nitrogens with zero attached hydrogens (tertiary/aromatic N) is 3. The van der Waals surface area contributed by atoms with E-state index in [-0.39, 0.29) is 11.2 Å². The Kier molecular flexibility index (Phi) is 7.20. The zero-order valence-electron chi connectivity index (χ0n) is 17.4. The number of nitrogens with one attached hydrogen (secondary N) is 2. The van der Waals surface area contributed by atoms with E-state index in [9.17, 15) is 4.39 Å². The molecule has 0 unspecified atom stereocenters. The summed E-state index contributed by atoms with van der Waals surface area (Å²) in [6.45, 7) is 3.51. The number of aromatic nitrogens is 2. The molecule has 0 radical (unpaired) electrons. The third kappa shape index (κ3) is 5.61. The van der Waals surface area contributed by atoms with E-state index in [0.29, 0.717) is 36.0 Å². The molecule has 0 bridgehead atoms. The Bertz CT molecular complexity index is 901. The molecule has 2 N–H and O–H groups in total. The predicted octanol–water partition coefficient (Wildman–Crippen LogP) is 4.29. The second-order valence-electron chi connectivity index (χ2n) is 8.13. The molecule has 2 fully saturated rings. The molecule has 2 aliphatic rings. The summed E-state index contributed by atoms with van der Waals surface area (Å²) >= 11 is 11.8. The quantitative estimate of drug-likeness (QED) is 0.506. The number of thiocarbonyl (C=S) groups is 1. The second-order valence-corrected chi connectivity index (χ2v) is 8.92. The first kappa shape index (κ1) is 22.2. The standard InChI is InChI=1S/C22H27ClFN5OS/c23-18-14-19(29-10-12-30-13-11-29)27-20(26-18)28-21(31)25-15-22(8-2-1-3-9-22)16-4-6-17(24)7-5-16/h4-7,14H,1-3,8-13,15H2,(H2,25,26,27,28,31). The van der Waals surface area contributed by atoms with Gasteiger partial charge in [0.1, 0.15) is 16.8 Å². The van der Waals surface area contributed by atoms with Gasteiger partial charge in [0.15, 0.2) is 5.11 Å². The topological polar surface area (TPSA) is 62.3 Å². The molecule has 1 aliphatic carbocycles. The summed E-state index contributed by atoms with van der Waals surface area (Å²) in [5.41, 5.74) is 1.09. The monoisotopic (exact) mass is 463 g/mol. The SMILES string of the molecule is Fc1ccc(C2(CNC(=S)Nc3nc(Cl)cc(N4CCOCC4)n3)CCCCC2)cc1. The Morgan fingerprint density at radius 3 is 2.55 bits per heavy atom. The van der Waals surface area contributed by atoms with Crippen LogP contribution in [0.25, 0.3) is 0 Å². The fourth-order valence-corrected chi connectivity index (χ4v) is 4.75. The largest absolute Gasteiger partial charge is 0.378 e. The van der Waals surface area contributed by atoms with Crippen molar-refractivity contribution in [2.24, 2.45) is 0 Å². The molecule has 0 amide bonds. The Morgan fingerprint density at radius 2 is 1.84 bits per heavy atom. The molecule has 1 saturated heterocycles. The normalized spacial score (nSPS) is 18.5. The van der Waals surface area contributed by atoms with Gasteiger partial charge in [-0.25, -0.2) is 9.37 Å². The van der Waals surface area contributed by atoms with Gasteiger partial charge in [-0.15, -0.1) is 0 Å². The zero-order chi connectivity index (χ0) is 21.7. The third-order valence-corrected chi connectivity index (χ3v) is 6.54. The number of rotatable bonds is 5. The average Bonchev–Trinajstić information content (AvgIpc) is 2.79. The Labute approximate surface area is 192 Å². The van der Waals surface area contributed by atoms with Crippen LogP contribution in [0.2, 0.25) is 5.15 Å². The second kappa shape index (κ2) is 10.1. The Morgan fingerprint density at radius 1 is 1.13 bits per heavy atom. The van der Waals surface area contributed by atoms with Gasteiger partial charge in [0.05, 0.1) is 13.2 Å².